The number of terminal acetylenes is 1. The van der Waals surface area contributed by atoms with Gasteiger partial charge in [0.1, 0.15) is 28.6 Å². The molecule has 6 aliphatic rings. The zero-order chi connectivity index (χ0) is 40.7. The van der Waals surface area contributed by atoms with Crippen LogP contribution in [0.4, 0.5) is 14.6 Å². The Morgan fingerprint density at radius 1 is 0.933 bits per heavy atom. The van der Waals surface area contributed by atoms with Crippen LogP contribution in [0.25, 0.3) is 32.9 Å². The van der Waals surface area contributed by atoms with Crippen LogP contribution in [0.2, 0.25) is 0 Å². The van der Waals surface area contributed by atoms with E-state index in [0.717, 1.165) is 104 Å². The Morgan fingerprint density at radius 2 is 1.72 bits per heavy atom. The van der Waals surface area contributed by atoms with Gasteiger partial charge in [-0.1, -0.05) is 30.2 Å². The van der Waals surface area contributed by atoms with Crippen LogP contribution in [0.5, 0.6) is 11.8 Å². The summed E-state index contributed by atoms with van der Waals surface area (Å²) in [5.41, 5.74) is 4.55. The van der Waals surface area contributed by atoms with Crippen molar-refractivity contribution in [2.75, 3.05) is 77.5 Å². The smallest absolute Gasteiger partial charge is 0.319 e. The Labute approximate surface area is 349 Å². The molecular weight excluding hydrogens is 761 g/mol. The fraction of sp³-hybridized carbons (Fsp3) is 0.468. The Hall–Kier alpha value is -4.97. The molecule has 310 valence electrons. The third-order valence-corrected chi connectivity index (χ3v) is 14.1. The summed E-state index contributed by atoms with van der Waals surface area (Å²) in [5, 5.41) is 15.6. The van der Waals surface area contributed by atoms with Crippen LogP contribution in [0.3, 0.4) is 0 Å². The number of pyridine rings is 1. The second-order valence-electron chi connectivity index (χ2n) is 18.4. The van der Waals surface area contributed by atoms with E-state index in [0.29, 0.717) is 46.7 Å². The average Bonchev–Trinajstić information content (AvgIpc) is 3.78. The summed E-state index contributed by atoms with van der Waals surface area (Å²) in [4.78, 5) is 26.6. The second-order valence-corrected chi connectivity index (χ2v) is 18.4. The molecule has 0 spiro atoms. The number of piperazine rings is 2. The van der Waals surface area contributed by atoms with Crippen molar-refractivity contribution < 1.29 is 18.6 Å². The molecule has 2 aromatic heterocycles. The van der Waals surface area contributed by atoms with Crippen molar-refractivity contribution in [3.63, 3.8) is 0 Å². The number of aromatic hydroxyl groups is 1. The Morgan fingerprint density at radius 3 is 2.48 bits per heavy atom. The summed E-state index contributed by atoms with van der Waals surface area (Å²) in [7, 11) is 2.19. The minimum Gasteiger partial charge on any atom is -0.508 e. The van der Waals surface area contributed by atoms with E-state index in [4.69, 9.17) is 21.1 Å². The fourth-order valence-corrected chi connectivity index (χ4v) is 10.6. The molecule has 2 unspecified atom stereocenters. The summed E-state index contributed by atoms with van der Waals surface area (Å²) < 4.78 is 38.5. The molecule has 2 N–H and O–H groups in total. The van der Waals surface area contributed by atoms with Crippen molar-refractivity contribution in [3.05, 3.63) is 82.5 Å². The Kier molecular flexibility index (Phi) is 9.42. The molecule has 2 atom stereocenters. The van der Waals surface area contributed by atoms with Gasteiger partial charge in [-0.05, 0) is 73.0 Å². The van der Waals surface area contributed by atoms with Gasteiger partial charge < -0.3 is 20.1 Å². The number of fused-ring (bicyclic) bond motifs is 5. The second kappa shape index (κ2) is 14.9. The zero-order valence-corrected chi connectivity index (χ0v) is 34.1. The van der Waals surface area contributed by atoms with E-state index in [9.17, 15) is 9.50 Å². The number of aromatic nitrogens is 3. The number of phenolic OH excluding ortho intramolecular Hbond substituents is 1. The van der Waals surface area contributed by atoms with Crippen molar-refractivity contribution >= 4 is 27.5 Å². The van der Waals surface area contributed by atoms with Crippen molar-refractivity contribution in [3.8, 4) is 35.4 Å². The van der Waals surface area contributed by atoms with Crippen molar-refractivity contribution in [1.82, 2.24) is 39.9 Å². The van der Waals surface area contributed by atoms with Gasteiger partial charge >= 0.3 is 6.01 Å². The van der Waals surface area contributed by atoms with Crippen LogP contribution in [0, 0.1) is 29.4 Å². The number of hydrogen-bond donors (Lipinski definition) is 2. The van der Waals surface area contributed by atoms with Crippen LogP contribution >= 0.6 is 0 Å². The molecule has 1 aliphatic carbocycles. The zero-order valence-electron chi connectivity index (χ0n) is 34.1. The number of rotatable bonds is 10. The fourth-order valence-electron chi connectivity index (χ4n) is 10.6. The Balaban J connectivity index is 0.786. The van der Waals surface area contributed by atoms with Crippen LogP contribution in [0.15, 0.2) is 48.7 Å². The maximum Gasteiger partial charge on any atom is 0.319 e. The molecule has 5 fully saturated rings. The summed E-state index contributed by atoms with van der Waals surface area (Å²) in [6.07, 6.45) is 11.6. The molecule has 2 bridgehead atoms. The van der Waals surface area contributed by atoms with Crippen molar-refractivity contribution in [1.29, 1.82) is 0 Å². The van der Waals surface area contributed by atoms with Crippen molar-refractivity contribution in [2.45, 2.75) is 63.4 Å². The predicted octanol–water partition coefficient (Wildman–Crippen LogP) is 5.36. The summed E-state index contributed by atoms with van der Waals surface area (Å²) in [6.45, 7) is 12.5. The molecule has 60 heavy (non-hydrogen) atoms. The molecule has 0 amide bonds. The van der Waals surface area contributed by atoms with E-state index >= 15 is 4.39 Å². The van der Waals surface area contributed by atoms with Crippen LogP contribution in [0.1, 0.15) is 47.9 Å². The first-order valence-electron chi connectivity index (χ1n) is 21.6. The molecule has 13 heteroatoms. The minimum absolute atomic E-state index is 0.0130. The van der Waals surface area contributed by atoms with Gasteiger partial charge in [-0.25, -0.2) is 8.78 Å². The highest BCUT2D eigenvalue weighted by Crippen LogP contribution is 2.48. The van der Waals surface area contributed by atoms with E-state index in [2.05, 4.69) is 66.0 Å². The molecule has 7 heterocycles. The van der Waals surface area contributed by atoms with Gasteiger partial charge in [0.15, 0.2) is 5.82 Å². The minimum atomic E-state index is -0.705. The summed E-state index contributed by atoms with van der Waals surface area (Å²) in [5.74, 6) is 1.59. The number of phenols is 1. The number of nitrogens with one attached hydrogen (secondary N) is 1. The lowest BCUT2D eigenvalue weighted by Gasteiger charge is -2.49. The van der Waals surface area contributed by atoms with Crippen LogP contribution in [-0.2, 0) is 19.6 Å². The maximum absolute atomic E-state index is 17.0. The van der Waals surface area contributed by atoms with Gasteiger partial charge in [-0.3, -0.25) is 24.6 Å². The molecule has 5 aromatic rings. The van der Waals surface area contributed by atoms with E-state index < -0.39 is 11.6 Å². The number of nitrogens with zero attached hydrogens (tertiary/aromatic N) is 8. The lowest BCUT2D eigenvalue weighted by atomic mass is 9.96. The highest BCUT2D eigenvalue weighted by atomic mass is 19.1. The third kappa shape index (κ3) is 7.02. The lowest BCUT2D eigenvalue weighted by Crippen LogP contribution is -2.63. The molecule has 1 saturated carbocycles. The molecule has 11 rings (SSSR count). The highest BCUT2D eigenvalue weighted by molar-refractivity contribution is 6.03. The monoisotopic (exact) mass is 811 g/mol. The number of benzene rings is 3. The van der Waals surface area contributed by atoms with Gasteiger partial charge in [0, 0.05) is 119 Å². The maximum atomic E-state index is 17.0. The van der Waals surface area contributed by atoms with Gasteiger partial charge in [0.25, 0.3) is 0 Å². The first-order chi connectivity index (χ1) is 29.2. The largest absolute Gasteiger partial charge is 0.508 e. The van der Waals surface area contributed by atoms with Crippen LogP contribution < -0.4 is 15.0 Å². The van der Waals surface area contributed by atoms with E-state index in [1.165, 1.54) is 41.0 Å². The predicted molar refractivity (Wildman–Crippen MR) is 228 cm³/mol. The average molecular weight is 812 g/mol. The molecule has 11 nitrogen and oxygen atoms in total. The topological polar surface area (TPSA) is 96.4 Å². The third-order valence-electron chi connectivity index (χ3n) is 14.1. The molecule has 4 saturated heterocycles. The Bertz CT molecular complexity index is 2530. The number of ether oxygens (including phenoxy) is 1. The molecule has 5 aliphatic heterocycles. The standard InChI is InChI=1S/C47H51F2N9O2/c1-3-37-40(48)9-6-30-17-36(59)18-38(41(30)37)43-42(49)44-39(19-50-43)45(58-23-33-7-8-34(24-58)51-33)53-46(52-44)60-28-47(10-11-47)27-56-25-35(26-56)57-14-12-55(13-15-57)20-29-4-5-31-21-54(2)22-32(31)16-29/h1,4-6,9,16-19,33-35,51,59H,7-8,10-15,20-28H2,2H3. The molecular formula is C47H51F2N9O2. The summed E-state index contributed by atoms with van der Waals surface area (Å²) in [6, 6.07) is 14.0. The molecule has 0 radical (unpaired) electrons. The quantitative estimate of drug-likeness (QED) is 0.179. The number of hydrogen-bond acceptors (Lipinski definition) is 11. The van der Waals surface area contributed by atoms with E-state index in [1.54, 1.807) is 6.20 Å². The first-order valence-corrected chi connectivity index (χ1v) is 21.6. The van der Waals surface area contributed by atoms with E-state index in [-0.39, 0.29) is 39.5 Å². The first kappa shape index (κ1) is 38.0. The van der Waals surface area contributed by atoms with Gasteiger partial charge in [-0.15, -0.1) is 6.42 Å². The van der Waals surface area contributed by atoms with E-state index in [1.807, 2.05) is 0 Å². The highest BCUT2D eigenvalue weighted by Gasteiger charge is 2.48. The molecule has 3 aromatic carbocycles. The van der Waals surface area contributed by atoms with Crippen molar-refractivity contribution in [2.24, 2.45) is 5.41 Å². The number of likely N-dealkylation sites (tertiary alicyclic amines) is 1. The van der Waals surface area contributed by atoms with Crippen LogP contribution in [-0.4, -0.2) is 130 Å². The van der Waals surface area contributed by atoms with Gasteiger partial charge in [0.05, 0.1) is 17.6 Å². The van der Waals surface area contributed by atoms with Gasteiger partial charge in [-0.2, -0.15) is 9.97 Å². The normalized spacial score (nSPS) is 23.3. The summed E-state index contributed by atoms with van der Waals surface area (Å²) >= 11 is 0. The number of halogens is 2. The number of anilines is 1. The lowest BCUT2D eigenvalue weighted by molar-refractivity contribution is -0.00929. The van der Waals surface area contributed by atoms with Gasteiger partial charge in [0.2, 0.25) is 0 Å². The SMILES string of the molecule is C#Cc1c(F)ccc2cc(O)cc(-c3ncc4c(N5CC6CCC(C5)N6)nc(OCC5(CN6CC(N7CCN(Cc8ccc9c(c8)CN(C)C9)CC7)C6)CC5)nc4c3F)c12.